The predicted molar refractivity (Wildman–Crippen MR) is 84.5 cm³/mol. The molecule has 1 heterocycles. The third kappa shape index (κ3) is 5.10. The predicted octanol–water partition coefficient (Wildman–Crippen LogP) is 3.23. The summed E-state index contributed by atoms with van der Waals surface area (Å²) in [6.07, 6.45) is 3.91. The molecule has 0 radical (unpaired) electrons. The van der Waals surface area contributed by atoms with Gasteiger partial charge >= 0.3 is 0 Å². The van der Waals surface area contributed by atoms with Crippen LogP contribution in [0.5, 0.6) is 0 Å². The molecule has 1 aliphatic rings. The summed E-state index contributed by atoms with van der Waals surface area (Å²) in [4.78, 5) is 2.74. The summed E-state index contributed by atoms with van der Waals surface area (Å²) in [6.45, 7) is 13.0. The van der Waals surface area contributed by atoms with E-state index in [0.29, 0.717) is 6.04 Å². The topological polar surface area (TPSA) is 15.3 Å². The number of thioether (sulfide) groups is 1. The summed E-state index contributed by atoms with van der Waals surface area (Å²) in [5.74, 6) is 3.38. The van der Waals surface area contributed by atoms with Crippen LogP contribution in [0.15, 0.2) is 0 Å². The van der Waals surface area contributed by atoms with E-state index in [2.05, 4.69) is 49.7 Å². The molecule has 0 aromatic heterocycles. The standard InChI is InChI=1S/C15H32N2S/c1-5-13(4)15-12-17(9-8-10-18-7-3)14(6-2)11-16-15/h13-16H,5-12H2,1-4H3. The highest BCUT2D eigenvalue weighted by Gasteiger charge is 2.28. The lowest BCUT2D eigenvalue weighted by Gasteiger charge is -2.42. The molecule has 0 spiro atoms. The lowest BCUT2D eigenvalue weighted by Crippen LogP contribution is -2.58. The molecule has 1 fully saturated rings. The van der Waals surface area contributed by atoms with Crippen LogP contribution in [0, 0.1) is 5.92 Å². The molecule has 0 aliphatic carbocycles. The smallest absolute Gasteiger partial charge is 0.0221 e. The van der Waals surface area contributed by atoms with Crippen molar-refractivity contribution < 1.29 is 0 Å². The van der Waals surface area contributed by atoms with E-state index >= 15 is 0 Å². The van der Waals surface area contributed by atoms with Gasteiger partial charge in [0, 0.05) is 25.2 Å². The van der Waals surface area contributed by atoms with E-state index in [4.69, 9.17) is 0 Å². The lowest BCUT2D eigenvalue weighted by molar-refractivity contribution is 0.107. The van der Waals surface area contributed by atoms with Gasteiger partial charge in [-0.15, -0.1) is 0 Å². The first kappa shape index (κ1) is 16.3. The zero-order valence-electron chi connectivity index (χ0n) is 12.7. The first-order valence-corrected chi connectivity index (χ1v) is 8.93. The summed E-state index contributed by atoms with van der Waals surface area (Å²) >= 11 is 2.07. The summed E-state index contributed by atoms with van der Waals surface area (Å²) < 4.78 is 0. The third-order valence-corrected chi connectivity index (χ3v) is 5.29. The Morgan fingerprint density at radius 1 is 1.33 bits per heavy atom. The van der Waals surface area contributed by atoms with Gasteiger partial charge in [0.25, 0.3) is 0 Å². The molecule has 1 aliphatic heterocycles. The molecule has 3 heteroatoms. The quantitative estimate of drug-likeness (QED) is 0.683. The Morgan fingerprint density at radius 3 is 2.72 bits per heavy atom. The highest BCUT2D eigenvalue weighted by Crippen LogP contribution is 2.17. The van der Waals surface area contributed by atoms with E-state index < -0.39 is 0 Å². The van der Waals surface area contributed by atoms with Crippen LogP contribution in [0.4, 0.5) is 0 Å². The molecule has 2 nitrogen and oxygen atoms in total. The van der Waals surface area contributed by atoms with E-state index in [1.807, 2.05) is 0 Å². The fraction of sp³-hybridized carbons (Fsp3) is 1.00. The molecule has 1 rings (SSSR count). The van der Waals surface area contributed by atoms with Gasteiger partial charge in [0.15, 0.2) is 0 Å². The van der Waals surface area contributed by atoms with Crippen molar-refractivity contribution in [3.8, 4) is 0 Å². The van der Waals surface area contributed by atoms with Crippen LogP contribution in [0.1, 0.15) is 47.0 Å². The number of hydrogen-bond donors (Lipinski definition) is 1. The summed E-state index contributed by atoms with van der Waals surface area (Å²) in [6, 6.07) is 1.47. The van der Waals surface area contributed by atoms with Crippen molar-refractivity contribution in [1.82, 2.24) is 10.2 Å². The maximum Gasteiger partial charge on any atom is 0.0221 e. The van der Waals surface area contributed by atoms with Gasteiger partial charge in [-0.3, -0.25) is 4.90 Å². The molecule has 3 unspecified atom stereocenters. The molecular formula is C15H32N2S. The van der Waals surface area contributed by atoms with Crippen molar-refractivity contribution in [3.63, 3.8) is 0 Å². The van der Waals surface area contributed by atoms with Crippen molar-refractivity contribution in [3.05, 3.63) is 0 Å². The number of rotatable bonds is 8. The number of nitrogens with zero attached hydrogens (tertiary/aromatic N) is 1. The average molecular weight is 273 g/mol. The van der Waals surface area contributed by atoms with Crippen LogP contribution in [0.2, 0.25) is 0 Å². The second kappa shape index (κ2) is 9.22. The van der Waals surface area contributed by atoms with Crippen LogP contribution in [-0.4, -0.2) is 48.1 Å². The van der Waals surface area contributed by atoms with Crippen LogP contribution < -0.4 is 5.32 Å². The second-order valence-electron chi connectivity index (χ2n) is 5.51. The Hall–Kier alpha value is 0.270. The molecule has 0 bridgehead atoms. The molecule has 18 heavy (non-hydrogen) atoms. The van der Waals surface area contributed by atoms with Crippen LogP contribution in [0.3, 0.4) is 0 Å². The minimum absolute atomic E-state index is 0.705. The highest BCUT2D eigenvalue weighted by atomic mass is 32.2. The number of hydrogen-bond acceptors (Lipinski definition) is 3. The monoisotopic (exact) mass is 272 g/mol. The average Bonchev–Trinajstić information content (AvgIpc) is 2.42. The zero-order valence-corrected chi connectivity index (χ0v) is 13.6. The first-order chi connectivity index (χ1) is 8.72. The van der Waals surface area contributed by atoms with Gasteiger partial charge < -0.3 is 5.32 Å². The molecule has 108 valence electrons. The summed E-state index contributed by atoms with van der Waals surface area (Å²) in [7, 11) is 0. The molecule has 0 aromatic rings. The zero-order chi connectivity index (χ0) is 13.4. The van der Waals surface area contributed by atoms with Crippen molar-refractivity contribution in [2.24, 2.45) is 5.92 Å². The van der Waals surface area contributed by atoms with Gasteiger partial charge in [0.05, 0.1) is 0 Å². The Labute approximate surface area is 118 Å². The van der Waals surface area contributed by atoms with Gasteiger partial charge in [0.2, 0.25) is 0 Å². The van der Waals surface area contributed by atoms with Crippen molar-refractivity contribution in [2.75, 3.05) is 31.1 Å². The van der Waals surface area contributed by atoms with E-state index in [-0.39, 0.29) is 0 Å². The molecule has 1 saturated heterocycles. The minimum Gasteiger partial charge on any atom is -0.311 e. The van der Waals surface area contributed by atoms with Gasteiger partial charge in [-0.05, 0) is 36.8 Å². The Balaban J connectivity index is 2.38. The maximum absolute atomic E-state index is 3.76. The third-order valence-electron chi connectivity index (χ3n) is 4.30. The SMILES string of the molecule is CCSCCCN1CC(C(C)CC)NCC1CC. The molecule has 3 atom stereocenters. The van der Waals surface area contributed by atoms with E-state index in [0.717, 1.165) is 12.0 Å². The van der Waals surface area contributed by atoms with Crippen LogP contribution in [-0.2, 0) is 0 Å². The Bertz CT molecular complexity index is 211. The van der Waals surface area contributed by atoms with Crippen molar-refractivity contribution >= 4 is 11.8 Å². The maximum atomic E-state index is 3.76. The van der Waals surface area contributed by atoms with Crippen molar-refractivity contribution in [2.45, 2.75) is 59.0 Å². The Kier molecular flexibility index (Phi) is 8.36. The van der Waals surface area contributed by atoms with E-state index in [9.17, 15) is 0 Å². The minimum atomic E-state index is 0.705. The molecule has 0 aromatic carbocycles. The Morgan fingerprint density at radius 2 is 2.11 bits per heavy atom. The van der Waals surface area contributed by atoms with Gasteiger partial charge in [0.1, 0.15) is 0 Å². The number of nitrogens with one attached hydrogen (secondary N) is 1. The highest BCUT2D eigenvalue weighted by molar-refractivity contribution is 7.99. The van der Waals surface area contributed by atoms with Gasteiger partial charge in [-0.25, -0.2) is 0 Å². The van der Waals surface area contributed by atoms with Crippen LogP contribution >= 0.6 is 11.8 Å². The van der Waals surface area contributed by atoms with E-state index in [1.165, 1.54) is 50.4 Å². The molecule has 0 saturated carbocycles. The van der Waals surface area contributed by atoms with Crippen molar-refractivity contribution in [1.29, 1.82) is 0 Å². The number of piperazine rings is 1. The lowest BCUT2D eigenvalue weighted by atomic mass is 9.95. The fourth-order valence-corrected chi connectivity index (χ4v) is 3.36. The summed E-state index contributed by atoms with van der Waals surface area (Å²) in [5, 5.41) is 3.76. The first-order valence-electron chi connectivity index (χ1n) is 7.78. The van der Waals surface area contributed by atoms with Gasteiger partial charge in [-0.1, -0.05) is 34.1 Å². The second-order valence-corrected chi connectivity index (χ2v) is 6.90. The molecular weight excluding hydrogens is 240 g/mol. The molecule has 0 amide bonds. The van der Waals surface area contributed by atoms with Gasteiger partial charge in [-0.2, -0.15) is 11.8 Å². The summed E-state index contributed by atoms with van der Waals surface area (Å²) in [5.41, 5.74) is 0. The molecule has 1 N–H and O–H groups in total. The fourth-order valence-electron chi connectivity index (χ4n) is 2.74. The normalized spacial score (nSPS) is 27.3. The van der Waals surface area contributed by atoms with Crippen LogP contribution in [0.25, 0.3) is 0 Å². The largest absolute Gasteiger partial charge is 0.311 e. The van der Waals surface area contributed by atoms with E-state index in [1.54, 1.807) is 0 Å².